The number of carbonyl (C=O) groups is 1. The molecule has 2 aliphatic rings. The molecule has 0 atom stereocenters. The smallest absolute Gasteiger partial charge is 0.324 e. The van der Waals surface area contributed by atoms with E-state index in [1.54, 1.807) is 18.5 Å². The van der Waals surface area contributed by atoms with Crippen LogP contribution in [0.1, 0.15) is 0 Å². The van der Waals surface area contributed by atoms with Crippen molar-refractivity contribution in [3.05, 3.63) is 41.7 Å². The average Bonchev–Trinajstić information content (AvgIpc) is 2.69. The van der Waals surface area contributed by atoms with Crippen molar-refractivity contribution in [2.24, 2.45) is 0 Å². The molecule has 1 saturated heterocycles. The lowest BCUT2D eigenvalue weighted by atomic mass is 10.2. The van der Waals surface area contributed by atoms with E-state index in [1.807, 2.05) is 35.0 Å². The lowest BCUT2D eigenvalue weighted by Crippen LogP contribution is -2.55. The van der Waals surface area contributed by atoms with Crippen molar-refractivity contribution >= 4 is 35.0 Å². The summed E-state index contributed by atoms with van der Waals surface area (Å²) < 4.78 is 0. The van der Waals surface area contributed by atoms with Gasteiger partial charge in [0.25, 0.3) is 0 Å². The van der Waals surface area contributed by atoms with Crippen LogP contribution in [-0.4, -0.2) is 67.2 Å². The van der Waals surface area contributed by atoms with E-state index in [0.717, 1.165) is 37.0 Å². The van der Waals surface area contributed by atoms with Crippen LogP contribution in [-0.2, 0) is 0 Å². The second-order valence-corrected chi connectivity index (χ2v) is 6.95. The van der Waals surface area contributed by atoms with Crippen molar-refractivity contribution < 1.29 is 4.79 Å². The summed E-state index contributed by atoms with van der Waals surface area (Å²) in [7, 11) is 2.02. The van der Waals surface area contributed by atoms with Gasteiger partial charge in [-0.05, 0) is 24.3 Å². The zero-order valence-electron chi connectivity index (χ0n) is 14.7. The summed E-state index contributed by atoms with van der Waals surface area (Å²) in [6.45, 7) is 4.25. The monoisotopic (exact) mass is 372 g/mol. The number of fused-ring (bicyclic) bond motifs is 1. The van der Waals surface area contributed by atoms with Crippen LogP contribution in [0.25, 0.3) is 0 Å². The van der Waals surface area contributed by atoms with Gasteiger partial charge in [-0.15, -0.1) is 0 Å². The fourth-order valence-electron chi connectivity index (χ4n) is 3.44. The molecule has 136 valence electrons. The molecule has 1 aromatic carbocycles. The number of hydrogen-bond acceptors (Lipinski definition) is 5. The molecule has 0 unspecified atom stereocenters. The zero-order valence-corrected chi connectivity index (χ0v) is 15.4. The first-order valence-electron chi connectivity index (χ1n) is 8.72. The molecule has 0 saturated carbocycles. The molecule has 7 nitrogen and oxygen atoms in total. The predicted molar refractivity (Wildman–Crippen MR) is 103 cm³/mol. The van der Waals surface area contributed by atoms with E-state index in [4.69, 9.17) is 11.6 Å². The maximum atomic E-state index is 13.1. The summed E-state index contributed by atoms with van der Waals surface area (Å²) in [4.78, 5) is 29.7. The standard InChI is InChI=1S/C18H21ClN6O/c1-22-7-12-25(15-4-3-14(19)13-16(15)22)18(26)24-10-8-23(9-11-24)17-20-5-2-6-21-17/h2-6,13H,7-12H2,1H3. The van der Waals surface area contributed by atoms with Gasteiger partial charge in [0.15, 0.2) is 0 Å². The van der Waals surface area contributed by atoms with E-state index >= 15 is 0 Å². The second-order valence-electron chi connectivity index (χ2n) is 6.51. The van der Waals surface area contributed by atoms with Crippen LogP contribution in [0.15, 0.2) is 36.7 Å². The van der Waals surface area contributed by atoms with E-state index in [2.05, 4.69) is 19.8 Å². The summed E-state index contributed by atoms with van der Waals surface area (Å²) in [6.07, 6.45) is 3.48. The molecule has 4 rings (SSSR count). The molecule has 0 aliphatic carbocycles. The molecule has 8 heteroatoms. The third kappa shape index (κ3) is 3.14. The Morgan fingerprint density at radius 2 is 1.73 bits per heavy atom. The summed E-state index contributed by atoms with van der Waals surface area (Å²) in [6, 6.07) is 7.54. The van der Waals surface area contributed by atoms with E-state index in [9.17, 15) is 4.79 Å². The zero-order chi connectivity index (χ0) is 18.1. The first kappa shape index (κ1) is 16.9. The number of hydrogen-bond donors (Lipinski definition) is 0. The molecule has 0 N–H and O–H groups in total. The number of benzene rings is 1. The van der Waals surface area contributed by atoms with E-state index < -0.39 is 0 Å². The summed E-state index contributed by atoms with van der Waals surface area (Å²) in [5.41, 5.74) is 1.91. The number of rotatable bonds is 1. The molecule has 26 heavy (non-hydrogen) atoms. The molecule has 2 aromatic rings. The fourth-order valence-corrected chi connectivity index (χ4v) is 3.61. The molecule has 0 radical (unpaired) electrons. The number of amides is 2. The Bertz CT molecular complexity index is 794. The Hall–Kier alpha value is -2.54. The highest BCUT2D eigenvalue weighted by molar-refractivity contribution is 6.31. The number of halogens is 1. The minimum atomic E-state index is 0.0512. The van der Waals surface area contributed by atoms with Gasteiger partial charge in [0, 0.05) is 63.7 Å². The predicted octanol–water partition coefficient (Wildman–Crippen LogP) is 2.33. The number of aromatic nitrogens is 2. The quantitative estimate of drug-likeness (QED) is 0.769. The minimum Gasteiger partial charge on any atom is -0.371 e. The molecular weight excluding hydrogens is 352 g/mol. The highest BCUT2D eigenvalue weighted by Crippen LogP contribution is 2.35. The summed E-state index contributed by atoms with van der Waals surface area (Å²) >= 11 is 6.13. The summed E-state index contributed by atoms with van der Waals surface area (Å²) in [5, 5.41) is 0.682. The Morgan fingerprint density at radius 1 is 1.00 bits per heavy atom. The molecule has 0 bridgehead atoms. The maximum absolute atomic E-state index is 13.1. The van der Waals surface area contributed by atoms with Crippen LogP contribution in [0.4, 0.5) is 22.1 Å². The Morgan fingerprint density at radius 3 is 2.46 bits per heavy atom. The second kappa shape index (κ2) is 6.99. The molecule has 2 amide bonds. The van der Waals surface area contributed by atoms with Crippen molar-refractivity contribution in [1.29, 1.82) is 0 Å². The number of piperazine rings is 1. The van der Waals surface area contributed by atoms with Crippen LogP contribution < -0.4 is 14.7 Å². The highest BCUT2D eigenvalue weighted by Gasteiger charge is 2.31. The van der Waals surface area contributed by atoms with Gasteiger partial charge < -0.3 is 14.7 Å². The Kier molecular flexibility index (Phi) is 4.55. The lowest BCUT2D eigenvalue weighted by Gasteiger charge is -2.41. The summed E-state index contributed by atoms with van der Waals surface area (Å²) in [5.74, 6) is 0.721. The number of likely N-dealkylation sites (N-methyl/N-ethyl adjacent to an activating group) is 1. The maximum Gasteiger partial charge on any atom is 0.324 e. The first-order valence-corrected chi connectivity index (χ1v) is 9.10. The van der Waals surface area contributed by atoms with Gasteiger partial charge in [0.2, 0.25) is 5.95 Å². The molecule has 3 heterocycles. The van der Waals surface area contributed by atoms with Gasteiger partial charge in [0.05, 0.1) is 11.4 Å². The van der Waals surface area contributed by atoms with Crippen molar-refractivity contribution in [1.82, 2.24) is 14.9 Å². The molecule has 1 fully saturated rings. The van der Waals surface area contributed by atoms with E-state index in [1.165, 1.54) is 0 Å². The molecule has 2 aliphatic heterocycles. The highest BCUT2D eigenvalue weighted by atomic mass is 35.5. The Balaban J connectivity index is 1.47. The molecule has 0 spiro atoms. The lowest BCUT2D eigenvalue weighted by molar-refractivity contribution is 0.200. The minimum absolute atomic E-state index is 0.0512. The number of anilines is 3. The van der Waals surface area contributed by atoms with Crippen LogP contribution >= 0.6 is 11.6 Å². The third-order valence-electron chi connectivity index (χ3n) is 4.91. The van der Waals surface area contributed by atoms with Crippen LogP contribution in [0.5, 0.6) is 0 Å². The van der Waals surface area contributed by atoms with Crippen molar-refractivity contribution in [3.8, 4) is 0 Å². The number of nitrogens with zero attached hydrogens (tertiary/aromatic N) is 6. The van der Waals surface area contributed by atoms with Gasteiger partial charge in [-0.1, -0.05) is 11.6 Å². The van der Waals surface area contributed by atoms with Crippen LogP contribution in [0.2, 0.25) is 5.02 Å². The number of carbonyl (C=O) groups excluding carboxylic acids is 1. The third-order valence-corrected chi connectivity index (χ3v) is 5.15. The molecule has 1 aromatic heterocycles. The van der Waals surface area contributed by atoms with Crippen LogP contribution in [0.3, 0.4) is 0 Å². The number of urea groups is 1. The van der Waals surface area contributed by atoms with Crippen molar-refractivity contribution in [3.63, 3.8) is 0 Å². The van der Waals surface area contributed by atoms with Gasteiger partial charge in [0.1, 0.15) is 0 Å². The topological polar surface area (TPSA) is 55.8 Å². The average molecular weight is 373 g/mol. The van der Waals surface area contributed by atoms with Crippen molar-refractivity contribution in [2.75, 3.05) is 61.0 Å². The van der Waals surface area contributed by atoms with Gasteiger partial charge in [-0.25, -0.2) is 14.8 Å². The SMILES string of the molecule is CN1CCN(C(=O)N2CCN(c3ncccn3)CC2)c2ccc(Cl)cc21. The Labute approximate surface area is 157 Å². The van der Waals surface area contributed by atoms with Crippen LogP contribution in [0, 0.1) is 0 Å². The van der Waals surface area contributed by atoms with Crippen molar-refractivity contribution in [2.45, 2.75) is 0 Å². The first-order chi connectivity index (χ1) is 12.6. The van der Waals surface area contributed by atoms with Gasteiger partial charge >= 0.3 is 6.03 Å². The van der Waals surface area contributed by atoms with E-state index in [0.29, 0.717) is 24.7 Å². The van der Waals surface area contributed by atoms with Gasteiger partial charge in [-0.3, -0.25) is 4.90 Å². The van der Waals surface area contributed by atoms with Gasteiger partial charge in [-0.2, -0.15) is 0 Å². The largest absolute Gasteiger partial charge is 0.371 e. The normalized spacial score (nSPS) is 17.3. The van der Waals surface area contributed by atoms with E-state index in [-0.39, 0.29) is 6.03 Å². The molecular formula is C18H21ClN6O. The fraction of sp³-hybridized carbons (Fsp3) is 0.389.